The van der Waals surface area contributed by atoms with Gasteiger partial charge in [0.2, 0.25) is 5.91 Å². The van der Waals surface area contributed by atoms with Crippen LogP contribution in [0.15, 0.2) is 41.3 Å². The molecule has 2 aliphatic rings. The summed E-state index contributed by atoms with van der Waals surface area (Å²) in [5.41, 5.74) is 1.48. The second-order valence-corrected chi connectivity index (χ2v) is 10.9. The van der Waals surface area contributed by atoms with E-state index < -0.39 is 11.1 Å². The fourth-order valence-electron chi connectivity index (χ4n) is 4.15. The van der Waals surface area contributed by atoms with Crippen molar-refractivity contribution in [1.29, 1.82) is 0 Å². The van der Waals surface area contributed by atoms with E-state index in [-0.39, 0.29) is 29.8 Å². The average molecular weight is 638 g/mol. The highest BCUT2D eigenvalue weighted by atomic mass is 127. The molecule has 2 heterocycles. The third kappa shape index (κ3) is 7.04. The van der Waals surface area contributed by atoms with E-state index in [1.165, 1.54) is 12.1 Å². The number of carbonyl (C=O) groups excluding carboxylic acids is 3. The van der Waals surface area contributed by atoms with Crippen molar-refractivity contribution in [3.63, 3.8) is 0 Å². The molecule has 0 N–H and O–H groups in total. The van der Waals surface area contributed by atoms with Gasteiger partial charge in [0.15, 0.2) is 11.5 Å². The Labute approximate surface area is 233 Å². The number of thioether (sulfide) groups is 1. The van der Waals surface area contributed by atoms with Crippen LogP contribution in [0.1, 0.15) is 43.7 Å². The van der Waals surface area contributed by atoms with Crippen molar-refractivity contribution in [2.24, 2.45) is 0 Å². The molecule has 2 aliphatic heterocycles. The van der Waals surface area contributed by atoms with Crippen molar-refractivity contribution in [3.05, 3.63) is 61.8 Å². The van der Waals surface area contributed by atoms with Crippen LogP contribution in [-0.2, 0) is 16.2 Å². The summed E-state index contributed by atoms with van der Waals surface area (Å²) in [7, 11) is 0. The number of likely N-dealkylation sites (tertiary alicyclic amines) is 1. The predicted octanol–water partition coefficient (Wildman–Crippen LogP) is 5.85. The molecule has 0 bridgehead atoms. The van der Waals surface area contributed by atoms with Gasteiger partial charge < -0.3 is 14.4 Å². The number of imide groups is 1. The van der Waals surface area contributed by atoms with E-state index in [0.29, 0.717) is 36.8 Å². The van der Waals surface area contributed by atoms with Crippen LogP contribution in [-0.4, -0.2) is 53.1 Å². The maximum Gasteiger partial charge on any atom is 0.294 e. The molecule has 0 radical (unpaired) electrons. The fourth-order valence-corrected chi connectivity index (χ4v) is 5.77. The summed E-state index contributed by atoms with van der Waals surface area (Å²) in [5.74, 6) is 0.0656. The molecule has 3 amide bonds. The highest BCUT2D eigenvalue weighted by Gasteiger charge is 2.37. The Morgan fingerprint density at radius 2 is 1.78 bits per heavy atom. The first-order valence-electron chi connectivity index (χ1n) is 12.2. The molecule has 0 unspecified atom stereocenters. The largest absolute Gasteiger partial charge is 0.490 e. The lowest BCUT2D eigenvalue weighted by molar-refractivity contribution is -0.135. The standard InChI is InChI=1S/C27H28FIN2O5S/c1-2-35-22-14-19(13-21(29)25(22)36-17-18-7-9-20(28)10-8-18)15-23-26(33)31(27(34)37-23)16-24(32)30-11-5-3-4-6-12-30/h7-10,13-15H,2-6,11-12,16-17H2,1H3. The van der Waals surface area contributed by atoms with Gasteiger partial charge in [0.25, 0.3) is 11.1 Å². The van der Waals surface area contributed by atoms with Crippen LogP contribution in [0.5, 0.6) is 11.5 Å². The van der Waals surface area contributed by atoms with Crippen molar-refractivity contribution < 1.29 is 28.2 Å². The van der Waals surface area contributed by atoms with E-state index in [2.05, 4.69) is 22.6 Å². The molecule has 7 nitrogen and oxygen atoms in total. The summed E-state index contributed by atoms with van der Waals surface area (Å²) in [5, 5.41) is -0.446. The van der Waals surface area contributed by atoms with Crippen LogP contribution in [0.4, 0.5) is 9.18 Å². The van der Waals surface area contributed by atoms with Crippen molar-refractivity contribution in [1.82, 2.24) is 9.80 Å². The minimum absolute atomic E-state index is 0.193. The van der Waals surface area contributed by atoms with Gasteiger partial charge in [-0.25, -0.2) is 4.39 Å². The van der Waals surface area contributed by atoms with E-state index in [1.54, 1.807) is 29.2 Å². The number of benzene rings is 2. The van der Waals surface area contributed by atoms with Crippen molar-refractivity contribution >= 4 is 57.5 Å². The molecule has 2 fully saturated rings. The van der Waals surface area contributed by atoms with Crippen LogP contribution in [0.3, 0.4) is 0 Å². The van der Waals surface area contributed by atoms with Gasteiger partial charge in [-0.05, 0) is 95.6 Å². The molecule has 2 aromatic carbocycles. The van der Waals surface area contributed by atoms with Gasteiger partial charge in [-0.15, -0.1) is 0 Å². The maximum atomic E-state index is 13.2. The summed E-state index contributed by atoms with van der Waals surface area (Å²) in [4.78, 5) is 41.4. The second kappa shape index (κ2) is 12.8. The summed E-state index contributed by atoms with van der Waals surface area (Å²) < 4.78 is 25.7. The average Bonchev–Trinajstić information content (AvgIpc) is 3.05. The van der Waals surface area contributed by atoms with Crippen molar-refractivity contribution in [3.8, 4) is 11.5 Å². The molecule has 4 rings (SSSR count). The van der Waals surface area contributed by atoms with Crippen LogP contribution >= 0.6 is 34.4 Å². The molecule has 10 heteroatoms. The molecule has 2 aromatic rings. The molecule has 0 aliphatic carbocycles. The molecule has 196 valence electrons. The monoisotopic (exact) mass is 638 g/mol. The summed E-state index contributed by atoms with van der Waals surface area (Å²) >= 11 is 2.96. The second-order valence-electron chi connectivity index (χ2n) is 8.74. The first-order valence-corrected chi connectivity index (χ1v) is 14.1. The quantitative estimate of drug-likeness (QED) is 0.267. The SMILES string of the molecule is CCOc1cc(C=C2SC(=O)N(CC(=O)N3CCCCCC3)C2=O)cc(I)c1OCc1ccc(F)cc1. The number of carbonyl (C=O) groups is 3. The Hall–Kier alpha value is -2.60. The minimum atomic E-state index is -0.470. The Morgan fingerprint density at radius 1 is 1.08 bits per heavy atom. The van der Waals surface area contributed by atoms with Gasteiger partial charge in [-0.3, -0.25) is 19.3 Å². The van der Waals surface area contributed by atoms with Gasteiger partial charge in [-0.2, -0.15) is 0 Å². The third-order valence-corrected chi connectivity index (χ3v) is 7.76. The van der Waals surface area contributed by atoms with Crippen molar-refractivity contribution in [2.45, 2.75) is 39.2 Å². The smallest absolute Gasteiger partial charge is 0.294 e. The van der Waals surface area contributed by atoms with Crippen LogP contribution in [0.25, 0.3) is 6.08 Å². The van der Waals surface area contributed by atoms with Crippen LogP contribution in [0.2, 0.25) is 0 Å². The van der Waals surface area contributed by atoms with Gasteiger partial charge in [0, 0.05) is 13.1 Å². The van der Waals surface area contributed by atoms with Gasteiger partial charge in [0.05, 0.1) is 15.1 Å². The van der Waals surface area contributed by atoms with Gasteiger partial charge in [-0.1, -0.05) is 25.0 Å². The predicted molar refractivity (Wildman–Crippen MR) is 149 cm³/mol. The molecular weight excluding hydrogens is 610 g/mol. The van der Waals surface area contributed by atoms with Gasteiger partial charge >= 0.3 is 0 Å². The zero-order valence-electron chi connectivity index (χ0n) is 20.5. The summed E-state index contributed by atoms with van der Waals surface area (Å²) in [6.45, 7) is 3.59. The Bertz CT molecular complexity index is 1200. The minimum Gasteiger partial charge on any atom is -0.490 e. The van der Waals surface area contributed by atoms with E-state index in [0.717, 1.165) is 51.5 Å². The zero-order valence-corrected chi connectivity index (χ0v) is 23.5. The van der Waals surface area contributed by atoms with Crippen molar-refractivity contribution in [2.75, 3.05) is 26.2 Å². The Balaban J connectivity index is 1.49. The molecule has 37 heavy (non-hydrogen) atoms. The lowest BCUT2D eigenvalue weighted by Gasteiger charge is -2.22. The van der Waals surface area contributed by atoms with E-state index >= 15 is 0 Å². The molecule has 0 aromatic heterocycles. The number of rotatable bonds is 8. The maximum absolute atomic E-state index is 13.2. The lowest BCUT2D eigenvalue weighted by Crippen LogP contribution is -2.42. The number of halogens is 2. The van der Waals surface area contributed by atoms with Crippen LogP contribution in [0, 0.1) is 9.39 Å². The first kappa shape index (κ1) is 27.4. The van der Waals surface area contributed by atoms with E-state index in [9.17, 15) is 18.8 Å². The zero-order chi connectivity index (χ0) is 26.4. The first-order chi connectivity index (χ1) is 17.9. The molecular formula is C27H28FIN2O5S. The van der Waals surface area contributed by atoms with E-state index in [1.807, 2.05) is 13.0 Å². The number of amides is 3. The highest BCUT2D eigenvalue weighted by Crippen LogP contribution is 2.38. The number of nitrogens with zero attached hydrogens (tertiary/aromatic N) is 2. The normalized spacial score (nSPS) is 17.3. The Morgan fingerprint density at radius 3 is 2.46 bits per heavy atom. The summed E-state index contributed by atoms with van der Waals surface area (Å²) in [6.07, 6.45) is 5.70. The number of hydrogen-bond acceptors (Lipinski definition) is 6. The van der Waals surface area contributed by atoms with Crippen LogP contribution < -0.4 is 9.47 Å². The number of ether oxygens (including phenoxy) is 2. The summed E-state index contributed by atoms with van der Waals surface area (Å²) in [6, 6.07) is 9.66. The fraction of sp³-hybridized carbons (Fsp3) is 0.370. The molecule has 0 saturated carbocycles. The highest BCUT2D eigenvalue weighted by molar-refractivity contribution is 14.1. The molecule has 0 spiro atoms. The van der Waals surface area contributed by atoms with E-state index in [4.69, 9.17) is 9.47 Å². The third-order valence-electron chi connectivity index (χ3n) is 6.05. The molecule has 2 saturated heterocycles. The topological polar surface area (TPSA) is 76.2 Å². The lowest BCUT2D eigenvalue weighted by atomic mass is 10.1. The number of hydrogen-bond donors (Lipinski definition) is 0. The molecule has 0 atom stereocenters. The van der Waals surface area contributed by atoms with Gasteiger partial charge in [0.1, 0.15) is 19.0 Å². The Kier molecular flexibility index (Phi) is 9.47.